The molecule has 55 heavy (non-hydrogen) atoms. The summed E-state index contributed by atoms with van der Waals surface area (Å²) in [5, 5.41) is 8.77. The number of carbonyl (C=O) groups excluding carboxylic acids is 1. The Labute approximate surface area is 322 Å². The summed E-state index contributed by atoms with van der Waals surface area (Å²) in [6.45, 7) is 5.07. The van der Waals surface area contributed by atoms with Crippen molar-refractivity contribution in [3.8, 4) is 28.5 Å². The summed E-state index contributed by atoms with van der Waals surface area (Å²) in [6.07, 6.45) is 13.8. The number of imidazole rings is 2. The first kappa shape index (κ1) is 35.9. The van der Waals surface area contributed by atoms with Crippen LogP contribution in [0.3, 0.4) is 0 Å². The Bertz CT molecular complexity index is 2450. The van der Waals surface area contributed by atoms with E-state index in [1.165, 1.54) is 12.7 Å². The summed E-state index contributed by atoms with van der Waals surface area (Å²) in [5.41, 5.74) is 5.89. The van der Waals surface area contributed by atoms with Crippen LogP contribution >= 0.6 is 11.6 Å². The monoisotopic (exact) mass is 763 g/mol. The van der Waals surface area contributed by atoms with E-state index in [0.29, 0.717) is 16.3 Å². The lowest BCUT2D eigenvalue weighted by Gasteiger charge is -2.36. The first-order valence-corrected chi connectivity index (χ1v) is 18.6. The van der Waals surface area contributed by atoms with Gasteiger partial charge in [-0.05, 0) is 31.4 Å². The number of carbonyl (C=O) groups is 1. The second kappa shape index (κ2) is 15.3. The van der Waals surface area contributed by atoms with Crippen molar-refractivity contribution >= 4 is 51.3 Å². The molecule has 8 heterocycles. The van der Waals surface area contributed by atoms with Crippen LogP contribution in [0.25, 0.3) is 45.1 Å². The minimum Gasteiger partial charge on any atom is -0.484 e. The van der Waals surface area contributed by atoms with Crippen LogP contribution in [-0.2, 0) is 33.0 Å². The van der Waals surface area contributed by atoms with Crippen LogP contribution in [-0.4, -0.2) is 115 Å². The fourth-order valence-corrected chi connectivity index (χ4v) is 7.28. The van der Waals surface area contributed by atoms with Gasteiger partial charge in [-0.3, -0.25) is 14.2 Å². The van der Waals surface area contributed by atoms with Gasteiger partial charge in [0.1, 0.15) is 35.6 Å². The van der Waals surface area contributed by atoms with Gasteiger partial charge < -0.3 is 28.6 Å². The number of piperazine rings is 1. The number of hydrogen-bond donors (Lipinski definition) is 0. The topological polar surface area (TPSA) is 159 Å². The molecule has 6 aromatic heterocycles. The lowest BCUT2D eigenvalue weighted by atomic mass is 10.1. The molecule has 2 saturated heterocycles. The number of ether oxygens (including phenoxy) is 1. The Balaban J connectivity index is 0.000000209. The van der Waals surface area contributed by atoms with Crippen molar-refractivity contribution in [1.29, 1.82) is 0 Å². The Morgan fingerprint density at radius 2 is 1.33 bits per heavy atom. The first-order valence-electron chi connectivity index (χ1n) is 18.2. The molecule has 2 aliphatic heterocycles. The summed E-state index contributed by atoms with van der Waals surface area (Å²) >= 11 is 5.99. The van der Waals surface area contributed by atoms with E-state index in [4.69, 9.17) is 21.3 Å². The van der Waals surface area contributed by atoms with Crippen LogP contribution in [0.2, 0.25) is 5.15 Å². The molecule has 2 aliphatic rings. The molecule has 0 unspecified atom stereocenters. The average molecular weight is 764 g/mol. The zero-order valence-electron chi connectivity index (χ0n) is 31.2. The van der Waals surface area contributed by atoms with Crippen molar-refractivity contribution in [2.24, 2.45) is 28.2 Å². The van der Waals surface area contributed by atoms with Gasteiger partial charge in [-0.2, -0.15) is 10.2 Å². The number of aromatic nitrogens is 12. The molecule has 0 saturated carbocycles. The lowest BCUT2D eigenvalue weighted by molar-refractivity contribution is -0.134. The smallest absolute Gasteiger partial charge is 0.260 e. The Kier molecular flexibility index (Phi) is 10.0. The van der Waals surface area contributed by atoms with Gasteiger partial charge in [-0.25, -0.2) is 29.9 Å². The second-order valence-corrected chi connectivity index (χ2v) is 14.1. The van der Waals surface area contributed by atoms with E-state index in [-0.39, 0.29) is 12.5 Å². The maximum atomic E-state index is 12.5. The normalized spacial score (nSPS) is 14.7. The summed E-state index contributed by atoms with van der Waals surface area (Å²) in [6, 6.07) is 8.03. The Morgan fingerprint density at radius 1 is 0.727 bits per heavy atom. The van der Waals surface area contributed by atoms with Gasteiger partial charge in [0.2, 0.25) is 0 Å². The molecule has 9 rings (SSSR count). The number of amides is 1. The van der Waals surface area contributed by atoms with Crippen molar-refractivity contribution in [3.63, 3.8) is 0 Å². The van der Waals surface area contributed by atoms with Crippen molar-refractivity contribution in [1.82, 2.24) is 63.5 Å². The van der Waals surface area contributed by atoms with Crippen molar-refractivity contribution in [2.45, 2.75) is 19.3 Å². The fraction of sp³-hybridized carbons (Fsp3) is 0.378. The molecule has 17 nitrogen and oxygen atoms in total. The highest BCUT2D eigenvalue weighted by molar-refractivity contribution is 6.33. The third kappa shape index (κ3) is 7.38. The standard InChI is InChI=1S/C27H33N9O2.C10H9ClN6/c1-32-17-20(16-30-32)25-31-24-26(33(25)2)28-19-29-27(24)36-13-11-34(12-14-36)21-7-6-8-22(15-21)38-18-23(37)35-9-4-3-5-10-35;1-16-4-6(3-14-16)9-15-7-8(11)12-5-13-10(7)17(9)2/h6-8,15-17,19H,3-5,9-14,18H2,1-2H3;3-5H,1-2H3. The molecule has 2 fully saturated rings. The van der Waals surface area contributed by atoms with Gasteiger partial charge in [0, 0.05) is 91.6 Å². The number of hydrogen-bond acceptors (Lipinski definition) is 12. The van der Waals surface area contributed by atoms with Crippen LogP contribution in [0.4, 0.5) is 11.5 Å². The van der Waals surface area contributed by atoms with E-state index in [2.05, 4.69) is 51.0 Å². The quantitative estimate of drug-likeness (QED) is 0.216. The van der Waals surface area contributed by atoms with E-state index in [0.717, 1.165) is 103 Å². The molecular weight excluding hydrogens is 722 g/mol. The number of halogens is 1. The second-order valence-electron chi connectivity index (χ2n) is 13.7. The first-order chi connectivity index (χ1) is 26.7. The molecular formula is C37H42ClN15O2. The number of benzene rings is 1. The van der Waals surface area contributed by atoms with E-state index < -0.39 is 0 Å². The van der Waals surface area contributed by atoms with Gasteiger partial charge in [0.05, 0.1) is 23.5 Å². The van der Waals surface area contributed by atoms with Crippen LogP contribution in [0, 0.1) is 0 Å². The summed E-state index contributed by atoms with van der Waals surface area (Å²) in [5.74, 6) is 3.25. The van der Waals surface area contributed by atoms with Crippen molar-refractivity contribution in [2.75, 3.05) is 55.7 Å². The van der Waals surface area contributed by atoms with E-state index >= 15 is 0 Å². The SMILES string of the molecule is Cn1cc(-c2nc3c(Cl)ncnc3n2C)cn1.Cn1cc(-c2nc3c(N4CCN(c5cccc(OCC(=O)N6CCCCC6)c5)CC4)ncnc3n2C)cn1. The molecule has 18 heteroatoms. The van der Waals surface area contributed by atoms with Gasteiger partial charge in [0.25, 0.3) is 5.91 Å². The molecule has 0 N–H and O–H groups in total. The fourth-order valence-electron chi connectivity index (χ4n) is 7.11. The molecule has 0 atom stereocenters. The van der Waals surface area contributed by atoms with Crippen molar-refractivity contribution < 1.29 is 9.53 Å². The summed E-state index contributed by atoms with van der Waals surface area (Å²) < 4.78 is 13.2. The zero-order valence-corrected chi connectivity index (χ0v) is 32.0. The third-order valence-corrected chi connectivity index (χ3v) is 10.3. The maximum Gasteiger partial charge on any atom is 0.260 e. The highest BCUT2D eigenvalue weighted by Gasteiger charge is 2.24. The van der Waals surface area contributed by atoms with Crippen molar-refractivity contribution in [3.05, 3.63) is 66.9 Å². The minimum absolute atomic E-state index is 0.0705. The highest BCUT2D eigenvalue weighted by atomic mass is 35.5. The van der Waals surface area contributed by atoms with E-state index in [1.807, 2.05) is 79.0 Å². The number of anilines is 2. The molecule has 0 bridgehead atoms. The third-order valence-electron chi connectivity index (χ3n) is 10.0. The van der Waals surface area contributed by atoms with Crippen LogP contribution < -0.4 is 14.5 Å². The number of aryl methyl sites for hydroxylation is 4. The highest BCUT2D eigenvalue weighted by Crippen LogP contribution is 2.30. The van der Waals surface area contributed by atoms with Gasteiger partial charge >= 0.3 is 0 Å². The minimum atomic E-state index is 0.0705. The van der Waals surface area contributed by atoms with Crippen LogP contribution in [0.1, 0.15) is 19.3 Å². The summed E-state index contributed by atoms with van der Waals surface area (Å²) in [4.78, 5) is 45.6. The number of likely N-dealkylation sites (tertiary alicyclic amines) is 1. The molecule has 1 amide bonds. The molecule has 0 aliphatic carbocycles. The molecule has 1 aromatic carbocycles. The number of piperidine rings is 1. The molecule has 7 aromatic rings. The Morgan fingerprint density at radius 3 is 1.95 bits per heavy atom. The predicted octanol–water partition coefficient (Wildman–Crippen LogP) is 3.90. The maximum absolute atomic E-state index is 12.5. The molecule has 0 spiro atoms. The van der Waals surface area contributed by atoms with Crippen LogP contribution in [0.5, 0.6) is 5.75 Å². The van der Waals surface area contributed by atoms with E-state index in [1.54, 1.807) is 21.9 Å². The molecule has 0 radical (unpaired) electrons. The number of rotatable bonds is 7. The molecule has 284 valence electrons. The van der Waals surface area contributed by atoms with E-state index in [9.17, 15) is 4.79 Å². The number of nitrogens with zero attached hydrogens (tertiary/aromatic N) is 15. The van der Waals surface area contributed by atoms with Gasteiger partial charge in [-0.15, -0.1) is 0 Å². The van der Waals surface area contributed by atoms with Gasteiger partial charge in [-0.1, -0.05) is 17.7 Å². The van der Waals surface area contributed by atoms with Gasteiger partial charge in [0.15, 0.2) is 34.4 Å². The Hall–Kier alpha value is -6.10. The summed E-state index contributed by atoms with van der Waals surface area (Å²) in [7, 11) is 7.62. The average Bonchev–Trinajstić information content (AvgIpc) is 4.01. The lowest BCUT2D eigenvalue weighted by Crippen LogP contribution is -2.47. The largest absolute Gasteiger partial charge is 0.484 e. The van der Waals surface area contributed by atoms with Crippen LogP contribution in [0.15, 0.2) is 61.7 Å². The predicted molar refractivity (Wildman–Crippen MR) is 209 cm³/mol. The number of fused-ring (bicyclic) bond motifs is 2. The zero-order chi connectivity index (χ0) is 38.1.